The van der Waals surface area contributed by atoms with Gasteiger partial charge in [0, 0.05) is 10.2 Å². The summed E-state index contributed by atoms with van der Waals surface area (Å²) in [7, 11) is 0. The molecule has 90 valence electrons. The number of rotatable bonds is 3. The molecule has 1 aromatic carbocycles. The second-order valence-corrected chi connectivity index (χ2v) is 4.63. The van der Waals surface area contributed by atoms with Crippen LogP contribution < -0.4 is 11.1 Å². The third kappa shape index (κ3) is 2.65. The molecule has 0 amide bonds. The molecule has 0 aliphatic rings. The summed E-state index contributed by atoms with van der Waals surface area (Å²) in [4.78, 5) is 0. The lowest BCUT2D eigenvalue weighted by Gasteiger charge is -2.06. The second kappa shape index (κ2) is 4.85. The van der Waals surface area contributed by atoms with Gasteiger partial charge in [0.1, 0.15) is 0 Å². The van der Waals surface area contributed by atoms with Crippen LogP contribution in [0.15, 0.2) is 27.1 Å². The van der Waals surface area contributed by atoms with Gasteiger partial charge >= 0.3 is 6.01 Å². The first-order chi connectivity index (χ1) is 8.08. The van der Waals surface area contributed by atoms with E-state index in [1.54, 1.807) is 6.92 Å². The van der Waals surface area contributed by atoms with E-state index in [-0.39, 0.29) is 6.04 Å². The Morgan fingerprint density at radius 3 is 2.82 bits per heavy atom. The Morgan fingerprint density at radius 1 is 1.41 bits per heavy atom. The van der Waals surface area contributed by atoms with E-state index in [1.165, 1.54) is 0 Å². The highest BCUT2D eigenvalue weighted by molar-refractivity contribution is 9.10. The smallest absolute Gasteiger partial charge is 0.320 e. The van der Waals surface area contributed by atoms with Crippen LogP contribution in [0.25, 0.3) is 0 Å². The molecule has 6 heteroatoms. The molecule has 1 atom stereocenters. The summed E-state index contributed by atoms with van der Waals surface area (Å²) in [5.41, 5.74) is 7.64. The van der Waals surface area contributed by atoms with Crippen LogP contribution in [-0.2, 0) is 0 Å². The van der Waals surface area contributed by atoms with Gasteiger partial charge in [0.05, 0.1) is 6.04 Å². The standard InChI is InChI=1S/C11H13BrN4O/c1-6-8(12)4-3-5-9(6)14-11-16-15-10(17-11)7(2)13/h3-5,7H,13H2,1-2H3,(H,14,16). The van der Waals surface area contributed by atoms with Crippen LogP contribution in [0, 0.1) is 6.92 Å². The number of nitrogens with one attached hydrogen (secondary N) is 1. The molecular formula is C11H13BrN4O. The molecule has 0 aliphatic carbocycles. The maximum atomic E-state index is 5.64. The summed E-state index contributed by atoms with van der Waals surface area (Å²) in [6.45, 7) is 3.79. The molecule has 0 bridgehead atoms. The second-order valence-electron chi connectivity index (χ2n) is 3.77. The fourth-order valence-electron chi connectivity index (χ4n) is 1.33. The Labute approximate surface area is 108 Å². The average molecular weight is 297 g/mol. The van der Waals surface area contributed by atoms with Gasteiger partial charge in [-0.25, -0.2) is 0 Å². The van der Waals surface area contributed by atoms with Gasteiger partial charge in [-0.15, -0.1) is 5.10 Å². The number of hydrogen-bond donors (Lipinski definition) is 2. The highest BCUT2D eigenvalue weighted by Gasteiger charge is 2.11. The Bertz CT molecular complexity index is 524. The fraction of sp³-hybridized carbons (Fsp3) is 0.273. The van der Waals surface area contributed by atoms with Crippen LogP contribution in [0.5, 0.6) is 0 Å². The largest absolute Gasteiger partial charge is 0.406 e. The van der Waals surface area contributed by atoms with Crippen LogP contribution in [0.2, 0.25) is 0 Å². The predicted octanol–water partition coefficient (Wildman–Crippen LogP) is 2.90. The van der Waals surface area contributed by atoms with Crippen LogP contribution in [0.3, 0.4) is 0 Å². The summed E-state index contributed by atoms with van der Waals surface area (Å²) in [6, 6.07) is 5.93. The van der Waals surface area contributed by atoms with Gasteiger partial charge in [-0.05, 0) is 31.5 Å². The summed E-state index contributed by atoms with van der Waals surface area (Å²) in [5, 5.41) is 10.8. The Morgan fingerprint density at radius 2 is 2.18 bits per heavy atom. The lowest BCUT2D eigenvalue weighted by Crippen LogP contribution is -2.04. The zero-order valence-electron chi connectivity index (χ0n) is 9.57. The number of halogens is 1. The molecule has 2 rings (SSSR count). The van der Waals surface area contributed by atoms with E-state index >= 15 is 0 Å². The van der Waals surface area contributed by atoms with Crippen molar-refractivity contribution in [2.45, 2.75) is 19.9 Å². The van der Waals surface area contributed by atoms with Gasteiger partial charge < -0.3 is 15.5 Å². The number of aromatic nitrogens is 2. The molecule has 0 aliphatic heterocycles. The highest BCUT2D eigenvalue weighted by atomic mass is 79.9. The molecule has 0 radical (unpaired) electrons. The fourth-order valence-corrected chi connectivity index (χ4v) is 1.69. The van der Waals surface area contributed by atoms with Crippen LogP contribution in [0.4, 0.5) is 11.7 Å². The average Bonchev–Trinajstić information content (AvgIpc) is 2.73. The third-order valence-corrected chi connectivity index (χ3v) is 3.20. The van der Waals surface area contributed by atoms with Gasteiger partial charge in [0.2, 0.25) is 5.89 Å². The molecule has 0 saturated carbocycles. The minimum absolute atomic E-state index is 0.262. The van der Waals surface area contributed by atoms with E-state index in [4.69, 9.17) is 10.2 Å². The number of benzene rings is 1. The third-order valence-electron chi connectivity index (χ3n) is 2.34. The summed E-state index contributed by atoms with van der Waals surface area (Å²) in [5.74, 6) is 0.417. The van der Waals surface area contributed by atoms with Crippen molar-refractivity contribution in [1.29, 1.82) is 0 Å². The molecule has 1 unspecified atom stereocenters. The van der Waals surface area contributed by atoms with Gasteiger partial charge in [-0.3, -0.25) is 0 Å². The molecule has 17 heavy (non-hydrogen) atoms. The Kier molecular flexibility index (Phi) is 3.44. The van der Waals surface area contributed by atoms with E-state index in [2.05, 4.69) is 31.4 Å². The molecule has 2 aromatic rings. The number of anilines is 2. The van der Waals surface area contributed by atoms with E-state index in [0.29, 0.717) is 11.9 Å². The van der Waals surface area contributed by atoms with Gasteiger partial charge in [-0.2, -0.15) is 0 Å². The summed E-state index contributed by atoms with van der Waals surface area (Å²) in [6.07, 6.45) is 0. The lowest BCUT2D eigenvalue weighted by molar-refractivity contribution is 0.475. The first kappa shape index (κ1) is 12.1. The van der Waals surface area contributed by atoms with Gasteiger partial charge in [0.25, 0.3) is 0 Å². The molecule has 0 saturated heterocycles. The van der Waals surface area contributed by atoms with Crippen molar-refractivity contribution >= 4 is 27.6 Å². The lowest BCUT2D eigenvalue weighted by atomic mass is 10.2. The first-order valence-electron chi connectivity index (χ1n) is 5.19. The van der Waals surface area contributed by atoms with Gasteiger partial charge in [-0.1, -0.05) is 27.1 Å². The van der Waals surface area contributed by atoms with Crippen molar-refractivity contribution in [3.8, 4) is 0 Å². The number of hydrogen-bond acceptors (Lipinski definition) is 5. The van der Waals surface area contributed by atoms with Crippen molar-refractivity contribution in [2.75, 3.05) is 5.32 Å². The normalized spacial score (nSPS) is 12.5. The Hall–Kier alpha value is -1.40. The van der Waals surface area contributed by atoms with Crippen molar-refractivity contribution in [3.63, 3.8) is 0 Å². The SMILES string of the molecule is Cc1c(Br)cccc1Nc1nnc(C(C)N)o1. The van der Waals surface area contributed by atoms with Crippen molar-refractivity contribution in [3.05, 3.63) is 34.1 Å². The number of nitrogens with two attached hydrogens (primary N) is 1. The molecule has 0 fully saturated rings. The van der Waals surface area contributed by atoms with E-state index in [0.717, 1.165) is 15.7 Å². The molecule has 1 aromatic heterocycles. The maximum absolute atomic E-state index is 5.64. The molecule has 0 spiro atoms. The zero-order chi connectivity index (χ0) is 12.4. The quantitative estimate of drug-likeness (QED) is 0.911. The Balaban J connectivity index is 2.22. The maximum Gasteiger partial charge on any atom is 0.320 e. The topological polar surface area (TPSA) is 77.0 Å². The zero-order valence-corrected chi connectivity index (χ0v) is 11.2. The van der Waals surface area contributed by atoms with E-state index in [1.807, 2.05) is 25.1 Å². The van der Waals surface area contributed by atoms with Gasteiger partial charge in [0.15, 0.2) is 0 Å². The molecule has 5 nitrogen and oxygen atoms in total. The first-order valence-corrected chi connectivity index (χ1v) is 5.98. The van der Waals surface area contributed by atoms with Crippen molar-refractivity contribution in [2.24, 2.45) is 5.73 Å². The van der Waals surface area contributed by atoms with Crippen LogP contribution in [-0.4, -0.2) is 10.2 Å². The van der Waals surface area contributed by atoms with Crippen LogP contribution >= 0.6 is 15.9 Å². The summed E-state index contributed by atoms with van der Waals surface area (Å²) >= 11 is 3.46. The van der Waals surface area contributed by atoms with Crippen LogP contribution in [0.1, 0.15) is 24.4 Å². The van der Waals surface area contributed by atoms with Crippen molar-refractivity contribution in [1.82, 2.24) is 10.2 Å². The number of nitrogens with zero attached hydrogens (tertiary/aromatic N) is 2. The molecular weight excluding hydrogens is 284 g/mol. The minimum atomic E-state index is -0.262. The highest BCUT2D eigenvalue weighted by Crippen LogP contribution is 2.26. The molecule has 3 N–H and O–H groups in total. The monoisotopic (exact) mass is 296 g/mol. The van der Waals surface area contributed by atoms with E-state index < -0.39 is 0 Å². The van der Waals surface area contributed by atoms with E-state index in [9.17, 15) is 0 Å². The minimum Gasteiger partial charge on any atom is -0.406 e. The van der Waals surface area contributed by atoms with Crippen molar-refractivity contribution < 1.29 is 4.42 Å². The summed E-state index contributed by atoms with van der Waals surface area (Å²) < 4.78 is 6.39. The molecule has 1 heterocycles. The predicted molar refractivity (Wildman–Crippen MR) is 69.1 cm³/mol.